The van der Waals surface area contributed by atoms with Crippen molar-refractivity contribution in [1.82, 2.24) is 4.90 Å². The summed E-state index contributed by atoms with van der Waals surface area (Å²) in [5, 5.41) is 0.805. The van der Waals surface area contributed by atoms with E-state index < -0.39 is 0 Å². The highest BCUT2D eigenvalue weighted by Gasteiger charge is 2.21. The molecule has 151 valence electrons. The Bertz CT molecular complexity index is 849. The largest absolute Gasteiger partial charge is 0.369 e. The Balaban J connectivity index is 1.43. The van der Waals surface area contributed by atoms with Gasteiger partial charge in [-0.05, 0) is 73.2 Å². The molecule has 3 nitrogen and oxygen atoms in total. The molecule has 0 unspecified atom stereocenters. The molecule has 1 saturated heterocycles. The van der Waals surface area contributed by atoms with E-state index in [1.165, 1.54) is 43.4 Å². The van der Waals surface area contributed by atoms with Crippen LogP contribution in [0.4, 0.5) is 5.69 Å². The van der Waals surface area contributed by atoms with E-state index in [0.717, 1.165) is 37.7 Å². The zero-order chi connectivity index (χ0) is 20.1. The van der Waals surface area contributed by atoms with E-state index in [4.69, 9.17) is 11.6 Å². The Morgan fingerprint density at radius 2 is 1.52 bits per heavy atom. The highest BCUT2D eigenvalue weighted by Crippen LogP contribution is 2.32. The van der Waals surface area contributed by atoms with Crippen molar-refractivity contribution in [3.63, 3.8) is 0 Å². The van der Waals surface area contributed by atoms with Crippen molar-refractivity contribution in [2.45, 2.75) is 32.1 Å². The molecule has 2 aliphatic rings. The summed E-state index contributed by atoms with van der Waals surface area (Å²) in [4.78, 5) is 15.7. The van der Waals surface area contributed by atoms with Crippen LogP contribution in [0, 0.1) is 0 Å². The first-order valence-electron chi connectivity index (χ1n) is 10.7. The highest BCUT2D eigenvalue weighted by atomic mass is 35.5. The van der Waals surface area contributed by atoms with Gasteiger partial charge in [0.2, 0.25) is 6.29 Å². The van der Waals surface area contributed by atoms with Crippen LogP contribution in [0.25, 0.3) is 5.57 Å². The maximum atomic E-state index is 10.7. The number of anilines is 1. The van der Waals surface area contributed by atoms with Crippen molar-refractivity contribution >= 4 is 29.1 Å². The van der Waals surface area contributed by atoms with E-state index in [0.29, 0.717) is 5.56 Å². The van der Waals surface area contributed by atoms with Gasteiger partial charge in [0.05, 0.1) is 0 Å². The average molecular weight is 408 g/mol. The smallest absolute Gasteiger partial charge is 0.233 e. The van der Waals surface area contributed by atoms with Gasteiger partial charge in [0, 0.05) is 49.0 Å². The van der Waals surface area contributed by atoms with Gasteiger partial charge in [-0.3, -0.25) is 9.69 Å². The predicted octanol–water partition coefficient (Wildman–Crippen LogP) is 5.34. The van der Waals surface area contributed by atoms with Crippen LogP contribution in [0.15, 0.2) is 54.1 Å². The fraction of sp³-hybridized carbons (Fsp3) is 0.400. The van der Waals surface area contributed by atoms with Crippen LogP contribution in [0.3, 0.4) is 0 Å². The molecule has 1 radical (unpaired) electrons. The van der Waals surface area contributed by atoms with Gasteiger partial charge >= 0.3 is 0 Å². The average Bonchev–Trinajstić information content (AvgIpc) is 3.00. The van der Waals surface area contributed by atoms with Crippen molar-refractivity contribution in [1.29, 1.82) is 0 Å². The maximum Gasteiger partial charge on any atom is 0.233 e. The quantitative estimate of drug-likeness (QED) is 0.668. The molecular weight excluding hydrogens is 380 g/mol. The Kier molecular flexibility index (Phi) is 6.68. The summed E-state index contributed by atoms with van der Waals surface area (Å²) in [6.45, 7) is 5.25. The molecule has 0 atom stereocenters. The second-order valence-electron chi connectivity index (χ2n) is 8.06. The van der Waals surface area contributed by atoms with Crippen molar-refractivity contribution in [2.24, 2.45) is 0 Å². The van der Waals surface area contributed by atoms with E-state index >= 15 is 0 Å². The molecule has 0 amide bonds. The molecule has 4 heteroatoms. The second-order valence-corrected chi connectivity index (χ2v) is 8.50. The molecule has 1 aliphatic heterocycles. The van der Waals surface area contributed by atoms with Crippen molar-refractivity contribution < 1.29 is 4.79 Å². The summed E-state index contributed by atoms with van der Waals surface area (Å²) in [6, 6.07) is 16.2. The molecule has 1 heterocycles. The minimum absolute atomic E-state index is 0.613. The molecule has 4 rings (SSSR count). The molecule has 1 aliphatic carbocycles. The summed E-state index contributed by atoms with van der Waals surface area (Å²) in [7, 11) is 0. The number of carbonyl (C=O) groups excluding carboxylic acids is 1. The van der Waals surface area contributed by atoms with Crippen LogP contribution in [-0.2, 0) is 4.79 Å². The van der Waals surface area contributed by atoms with Crippen LogP contribution >= 0.6 is 11.6 Å². The first-order valence-corrected chi connectivity index (χ1v) is 11.0. The number of halogens is 1. The molecule has 0 bridgehead atoms. The zero-order valence-corrected chi connectivity index (χ0v) is 17.6. The molecular formula is C25H28ClN2O. The van der Waals surface area contributed by atoms with Gasteiger partial charge in [0.1, 0.15) is 0 Å². The molecule has 0 saturated carbocycles. The normalized spacial score (nSPS) is 18.6. The molecule has 0 N–H and O–H groups in total. The SMILES string of the molecule is O=[C]c1ccc(N2CCN(CC3=C(c4ccc(Cl)cc4)CCCCC3)CC2)cc1. The lowest BCUT2D eigenvalue weighted by atomic mass is 9.95. The number of hydrogen-bond acceptors (Lipinski definition) is 3. The predicted molar refractivity (Wildman–Crippen MR) is 121 cm³/mol. The standard InChI is InChI=1S/C25H28ClN2O/c26-23-10-8-21(9-11-23)25-5-3-1-2-4-22(25)18-27-14-16-28(17-15-27)24-12-6-20(19-29)7-13-24/h6-13H,1-5,14-18H2. The van der Waals surface area contributed by atoms with Crippen LogP contribution in [0.2, 0.25) is 5.02 Å². The second kappa shape index (κ2) is 9.60. The van der Waals surface area contributed by atoms with Crippen molar-refractivity contribution in [3.8, 4) is 0 Å². The minimum atomic E-state index is 0.613. The molecule has 2 aromatic carbocycles. The van der Waals surface area contributed by atoms with E-state index in [2.05, 4.69) is 21.9 Å². The van der Waals surface area contributed by atoms with Gasteiger partial charge < -0.3 is 4.90 Å². The summed E-state index contributed by atoms with van der Waals surface area (Å²) in [5.41, 5.74) is 6.31. The molecule has 1 fully saturated rings. The fourth-order valence-electron chi connectivity index (χ4n) is 4.49. The lowest BCUT2D eigenvalue weighted by molar-refractivity contribution is 0.276. The van der Waals surface area contributed by atoms with E-state index in [1.54, 1.807) is 11.1 Å². The van der Waals surface area contributed by atoms with Crippen molar-refractivity contribution in [2.75, 3.05) is 37.6 Å². The molecule has 0 aromatic heterocycles. The number of allylic oxidation sites excluding steroid dienone is 1. The third kappa shape index (κ3) is 5.09. The minimum Gasteiger partial charge on any atom is -0.369 e. The first-order chi connectivity index (χ1) is 14.2. The van der Waals surface area contributed by atoms with E-state index in [9.17, 15) is 4.79 Å². The number of rotatable bonds is 5. The number of piperazine rings is 1. The Morgan fingerprint density at radius 1 is 0.828 bits per heavy atom. The lowest BCUT2D eigenvalue weighted by Crippen LogP contribution is -2.47. The molecule has 0 spiro atoms. The number of benzene rings is 2. The number of hydrogen-bond donors (Lipinski definition) is 0. The third-order valence-electron chi connectivity index (χ3n) is 6.16. The first kappa shape index (κ1) is 20.2. The topological polar surface area (TPSA) is 23.6 Å². The van der Waals surface area contributed by atoms with Crippen LogP contribution < -0.4 is 4.90 Å². The van der Waals surface area contributed by atoms with Gasteiger partial charge in [-0.25, -0.2) is 0 Å². The zero-order valence-electron chi connectivity index (χ0n) is 16.9. The van der Waals surface area contributed by atoms with Gasteiger partial charge in [0.25, 0.3) is 0 Å². The maximum absolute atomic E-state index is 10.7. The molecule has 2 aromatic rings. The summed E-state index contributed by atoms with van der Waals surface area (Å²) < 4.78 is 0. The monoisotopic (exact) mass is 407 g/mol. The van der Waals surface area contributed by atoms with Gasteiger partial charge in [-0.2, -0.15) is 0 Å². The van der Waals surface area contributed by atoms with Crippen LogP contribution in [-0.4, -0.2) is 43.9 Å². The van der Waals surface area contributed by atoms with Gasteiger partial charge in [-0.15, -0.1) is 0 Å². The Labute approximate surface area is 179 Å². The lowest BCUT2D eigenvalue weighted by Gasteiger charge is -2.37. The third-order valence-corrected chi connectivity index (χ3v) is 6.41. The van der Waals surface area contributed by atoms with Crippen LogP contribution in [0.1, 0.15) is 43.2 Å². The van der Waals surface area contributed by atoms with E-state index in [-0.39, 0.29) is 0 Å². The summed E-state index contributed by atoms with van der Waals surface area (Å²) in [6.07, 6.45) is 8.24. The molecule has 29 heavy (non-hydrogen) atoms. The summed E-state index contributed by atoms with van der Waals surface area (Å²) >= 11 is 6.11. The highest BCUT2D eigenvalue weighted by molar-refractivity contribution is 6.30. The Morgan fingerprint density at radius 3 is 2.21 bits per heavy atom. The van der Waals surface area contributed by atoms with Crippen LogP contribution in [0.5, 0.6) is 0 Å². The van der Waals surface area contributed by atoms with Crippen molar-refractivity contribution in [3.05, 3.63) is 70.3 Å². The fourth-order valence-corrected chi connectivity index (χ4v) is 4.62. The van der Waals surface area contributed by atoms with Gasteiger partial charge in [-0.1, -0.05) is 35.7 Å². The Hall–Kier alpha value is -2.10. The van der Waals surface area contributed by atoms with E-state index in [1.807, 2.05) is 42.7 Å². The summed E-state index contributed by atoms with van der Waals surface area (Å²) in [5.74, 6) is 0. The van der Waals surface area contributed by atoms with Gasteiger partial charge in [0.15, 0.2) is 0 Å². The number of nitrogens with zero attached hydrogens (tertiary/aromatic N) is 2.